The predicted octanol–water partition coefficient (Wildman–Crippen LogP) is 0.751. The average molecular weight is 283 g/mol. The molecule has 0 radical (unpaired) electrons. The van der Waals surface area contributed by atoms with Crippen molar-refractivity contribution in [1.82, 2.24) is 0 Å². The first-order valence-corrected chi connectivity index (χ1v) is 5.93. The summed E-state index contributed by atoms with van der Waals surface area (Å²) < 4.78 is 14.8. The molecule has 1 amide bonds. The second kappa shape index (κ2) is 8.89. The number of carboxylic acids is 1. The molecular weight excluding hydrogens is 266 g/mol. The first-order chi connectivity index (χ1) is 9.61. The van der Waals surface area contributed by atoms with Crippen LogP contribution in [0.15, 0.2) is 24.3 Å². The number of aliphatic carboxylic acids is 1. The van der Waals surface area contributed by atoms with E-state index in [-0.39, 0.29) is 12.5 Å². The van der Waals surface area contributed by atoms with Crippen molar-refractivity contribution in [3.05, 3.63) is 24.3 Å². The predicted molar refractivity (Wildman–Crippen MR) is 70.9 cm³/mol. The Bertz CT molecular complexity index is 431. The van der Waals surface area contributed by atoms with Gasteiger partial charge in [0.25, 0.3) is 0 Å². The molecule has 0 heterocycles. The maximum Gasteiger partial charge on any atom is 0.341 e. The van der Waals surface area contributed by atoms with Gasteiger partial charge in [-0.2, -0.15) is 0 Å². The molecule has 0 aromatic heterocycles. The van der Waals surface area contributed by atoms with Crippen LogP contribution >= 0.6 is 0 Å². The summed E-state index contributed by atoms with van der Waals surface area (Å²) in [6.45, 7) is 0.328. The molecule has 0 bridgehead atoms. The van der Waals surface area contributed by atoms with Gasteiger partial charge in [0.15, 0.2) is 6.61 Å². The number of amides is 1. The minimum atomic E-state index is -1.05. The Morgan fingerprint density at radius 2 is 1.85 bits per heavy atom. The van der Waals surface area contributed by atoms with Crippen LogP contribution in [0.3, 0.4) is 0 Å². The van der Waals surface area contributed by atoms with Crippen LogP contribution in [-0.4, -0.2) is 50.5 Å². The molecular formula is C13H17NO6. The van der Waals surface area contributed by atoms with Gasteiger partial charge in [0.05, 0.1) is 13.2 Å². The lowest BCUT2D eigenvalue weighted by Gasteiger charge is -2.07. The van der Waals surface area contributed by atoms with Crippen molar-refractivity contribution >= 4 is 17.6 Å². The number of hydrogen-bond acceptors (Lipinski definition) is 5. The number of carboxylic acid groups (broad SMARTS) is 1. The molecule has 0 saturated heterocycles. The summed E-state index contributed by atoms with van der Waals surface area (Å²) in [6, 6.07) is 6.38. The van der Waals surface area contributed by atoms with Crippen LogP contribution in [0.4, 0.5) is 5.69 Å². The van der Waals surface area contributed by atoms with Crippen molar-refractivity contribution in [2.75, 3.05) is 38.9 Å². The molecule has 7 nitrogen and oxygen atoms in total. The summed E-state index contributed by atoms with van der Waals surface area (Å²) in [4.78, 5) is 21.8. The number of anilines is 1. The van der Waals surface area contributed by atoms with Crippen LogP contribution in [0.2, 0.25) is 0 Å². The SMILES string of the molecule is COCCOCC(=O)Nc1ccc(OCC(=O)O)cc1. The van der Waals surface area contributed by atoms with Gasteiger partial charge in [0.1, 0.15) is 12.4 Å². The highest BCUT2D eigenvalue weighted by Gasteiger charge is 2.03. The van der Waals surface area contributed by atoms with Gasteiger partial charge in [-0.3, -0.25) is 4.79 Å². The van der Waals surface area contributed by atoms with Gasteiger partial charge in [-0.1, -0.05) is 0 Å². The zero-order valence-corrected chi connectivity index (χ0v) is 11.1. The van der Waals surface area contributed by atoms with Gasteiger partial charge >= 0.3 is 5.97 Å². The maximum atomic E-state index is 11.5. The van der Waals surface area contributed by atoms with E-state index in [4.69, 9.17) is 19.3 Å². The molecule has 7 heteroatoms. The third-order valence-electron chi connectivity index (χ3n) is 2.17. The van der Waals surface area contributed by atoms with Crippen molar-refractivity contribution in [3.63, 3.8) is 0 Å². The molecule has 0 unspecified atom stereocenters. The van der Waals surface area contributed by atoms with Crippen molar-refractivity contribution in [2.45, 2.75) is 0 Å². The molecule has 2 N–H and O–H groups in total. The van der Waals surface area contributed by atoms with E-state index in [1.54, 1.807) is 31.4 Å². The van der Waals surface area contributed by atoms with Gasteiger partial charge in [-0.15, -0.1) is 0 Å². The fraction of sp³-hybridized carbons (Fsp3) is 0.385. The van der Waals surface area contributed by atoms with Crippen molar-refractivity contribution in [3.8, 4) is 5.75 Å². The number of nitrogens with one attached hydrogen (secondary N) is 1. The molecule has 0 aliphatic heterocycles. The lowest BCUT2D eigenvalue weighted by Crippen LogP contribution is -2.19. The molecule has 0 atom stereocenters. The van der Waals surface area contributed by atoms with Gasteiger partial charge < -0.3 is 24.6 Å². The van der Waals surface area contributed by atoms with Crippen molar-refractivity contribution < 1.29 is 28.9 Å². The number of rotatable bonds is 9. The van der Waals surface area contributed by atoms with Crippen LogP contribution in [0.25, 0.3) is 0 Å². The van der Waals surface area contributed by atoms with Gasteiger partial charge in [-0.25, -0.2) is 4.79 Å². The Morgan fingerprint density at radius 1 is 1.15 bits per heavy atom. The van der Waals surface area contributed by atoms with Crippen LogP contribution in [0.5, 0.6) is 5.75 Å². The lowest BCUT2D eigenvalue weighted by atomic mass is 10.3. The highest BCUT2D eigenvalue weighted by molar-refractivity contribution is 5.91. The Morgan fingerprint density at radius 3 is 2.45 bits per heavy atom. The Kier molecular flexibility index (Phi) is 7.08. The monoisotopic (exact) mass is 283 g/mol. The number of benzene rings is 1. The van der Waals surface area contributed by atoms with E-state index in [9.17, 15) is 9.59 Å². The molecule has 0 saturated carbocycles. The molecule has 20 heavy (non-hydrogen) atoms. The lowest BCUT2D eigenvalue weighted by molar-refractivity contribution is -0.139. The first-order valence-electron chi connectivity index (χ1n) is 5.93. The van der Waals surface area contributed by atoms with Crippen LogP contribution in [0, 0.1) is 0 Å². The number of carbonyl (C=O) groups is 2. The summed E-state index contributed by atoms with van der Waals surface area (Å²) in [5.41, 5.74) is 0.577. The zero-order valence-electron chi connectivity index (χ0n) is 11.1. The van der Waals surface area contributed by atoms with Gasteiger partial charge in [-0.05, 0) is 24.3 Å². The number of ether oxygens (including phenoxy) is 3. The van der Waals surface area contributed by atoms with E-state index in [2.05, 4.69) is 5.32 Å². The van der Waals surface area contributed by atoms with E-state index in [1.165, 1.54) is 0 Å². The topological polar surface area (TPSA) is 94.1 Å². The Balaban J connectivity index is 2.33. The fourth-order valence-electron chi connectivity index (χ4n) is 1.28. The zero-order chi connectivity index (χ0) is 14.8. The highest BCUT2D eigenvalue weighted by atomic mass is 16.5. The normalized spacial score (nSPS) is 10.1. The summed E-state index contributed by atoms with van der Waals surface area (Å²) in [5, 5.41) is 11.1. The number of hydrogen-bond donors (Lipinski definition) is 2. The smallest absolute Gasteiger partial charge is 0.341 e. The summed E-state index contributed by atoms with van der Waals surface area (Å²) in [5.74, 6) is -0.905. The molecule has 1 aromatic rings. The number of methoxy groups -OCH3 is 1. The van der Waals surface area contributed by atoms with E-state index in [1.807, 2.05) is 0 Å². The van der Waals surface area contributed by atoms with E-state index < -0.39 is 12.6 Å². The minimum Gasteiger partial charge on any atom is -0.482 e. The molecule has 0 aliphatic carbocycles. The van der Waals surface area contributed by atoms with Crippen LogP contribution in [0.1, 0.15) is 0 Å². The quantitative estimate of drug-likeness (QED) is 0.649. The van der Waals surface area contributed by atoms with E-state index in [0.717, 1.165) is 0 Å². The molecule has 0 aliphatic rings. The average Bonchev–Trinajstić information content (AvgIpc) is 2.43. The highest BCUT2D eigenvalue weighted by Crippen LogP contribution is 2.15. The first kappa shape index (κ1) is 15.9. The summed E-state index contributed by atoms with van der Waals surface area (Å²) in [7, 11) is 1.55. The van der Waals surface area contributed by atoms with Gasteiger partial charge in [0.2, 0.25) is 5.91 Å². The third kappa shape index (κ3) is 6.72. The standard InChI is InChI=1S/C13H17NO6/c1-18-6-7-19-8-12(15)14-10-2-4-11(5-3-10)20-9-13(16)17/h2-5H,6-9H2,1H3,(H,14,15)(H,16,17). The molecule has 110 valence electrons. The summed E-state index contributed by atoms with van der Waals surface area (Å²) in [6.07, 6.45) is 0. The summed E-state index contributed by atoms with van der Waals surface area (Å²) >= 11 is 0. The largest absolute Gasteiger partial charge is 0.482 e. The maximum absolute atomic E-state index is 11.5. The molecule has 0 fully saturated rings. The van der Waals surface area contributed by atoms with Crippen molar-refractivity contribution in [2.24, 2.45) is 0 Å². The van der Waals surface area contributed by atoms with Crippen molar-refractivity contribution in [1.29, 1.82) is 0 Å². The van der Waals surface area contributed by atoms with Gasteiger partial charge in [0, 0.05) is 12.8 Å². The van der Waals surface area contributed by atoms with E-state index >= 15 is 0 Å². The second-order valence-corrected chi connectivity index (χ2v) is 3.80. The molecule has 1 aromatic carbocycles. The molecule has 0 spiro atoms. The third-order valence-corrected chi connectivity index (χ3v) is 2.17. The second-order valence-electron chi connectivity index (χ2n) is 3.80. The Hall–Kier alpha value is -2.12. The fourth-order valence-corrected chi connectivity index (χ4v) is 1.28. The Labute approximate surface area is 116 Å². The number of carbonyl (C=O) groups excluding carboxylic acids is 1. The van der Waals surface area contributed by atoms with Crippen LogP contribution < -0.4 is 10.1 Å². The minimum absolute atomic E-state index is 0.0549. The van der Waals surface area contributed by atoms with Crippen LogP contribution in [-0.2, 0) is 19.1 Å². The van der Waals surface area contributed by atoms with E-state index in [0.29, 0.717) is 24.7 Å². The molecule has 1 rings (SSSR count).